The summed E-state index contributed by atoms with van der Waals surface area (Å²) in [6, 6.07) is 11.2. The number of alkyl carbamates (subject to hydrolysis) is 1. The van der Waals surface area contributed by atoms with E-state index in [4.69, 9.17) is 14.2 Å². The van der Waals surface area contributed by atoms with Gasteiger partial charge in [-0.25, -0.2) is 23.9 Å². The van der Waals surface area contributed by atoms with E-state index in [1.807, 2.05) is 52.8 Å². The molecule has 1 unspecified atom stereocenters. The average Bonchev–Trinajstić information content (AvgIpc) is 4.11. The van der Waals surface area contributed by atoms with Crippen LogP contribution in [0.1, 0.15) is 100 Å². The lowest BCUT2D eigenvalue weighted by molar-refractivity contribution is -0.135. The number of alkyl halides is 3. The summed E-state index contributed by atoms with van der Waals surface area (Å²) >= 11 is 0.556. The van der Waals surface area contributed by atoms with Crippen LogP contribution in [0.5, 0.6) is 5.75 Å². The van der Waals surface area contributed by atoms with E-state index < -0.39 is 53.0 Å². The van der Waals surface area contributed by atoms with Crippen molar-refractivity contribution in [2.75, 3.05) is 20.2 Å². The number of nitrogens with one attached hydrogen (secondary N) is 3. The summed E-state index contributed by atoms with van der Waals surface area (Å²) in [5, 5.41) is 3.32. The molecule has 4 atom stereocenters. The molecule has 0 spiro atoms. The molecule has 14 nitrogen and oxygen atoms in total. The molecule has 0 saturated carbocycles. The molecule has 4 aromatic heterocycles. The van der Waals surface area contributed by atoms with Crippen LogP contribution in [0, 0.1) is 11.7 Å². The van der Waals surface area contributed by atoms with Crippen LogP contribution < -0.4 is 10.1 Å². The van der Waals surface area contributed by atoms with Gasteiger partial charge in [0.15, 0.2) is 0 Å². The molecule has 0 radical (unpaired) electrons. The minimum absolute atomic E-state index is 0.120. The Hall–Kier alpha value is -6.37. The fraction of sp³-hybridized carbons (Fsp3) is 0.413. The van der Waals surface area contributed by atoms with Crippen LogP contribution in [0.3, 0.4) is 0 Å². The zero-order valence-corrected chi connectivity index (χ0v) is 37.3. The predicted octanol–water partition coefficient (Wildman–Crippen LogP) is 10.4. The van der Waals surface area contributed by atoms with Crippen molar-refractivity contribution in [3.63, 3.8) is 0 Å². The van der Waals surface area contributed by atoms with E-state index in [0.717, 1.165) is 18.1 Å². The number of thiophene rings is 1. The molecule has 6 aromatic rings. The van der Waals surface area contributed by atoms with Gasteiger partial charge in [0.1, 0.15) is 39.7 Å². The number of imidazole rings is 2. The molecule has 342 valence electrons. The van der Waals surface area contributed by atoms with Crippen LogP contribution in [0.4, 0.5) is 27.2 Å². The lowest BCUT2D eigenvalue weighted by atomic mass is 10.0. The van der Waals surface area contributed by atoms with Crippen molar-refractivity contribution in [1.82, 2.24) is 39.6 Å². The van der Waals surface area contributed by atoms with Crippen LogP contribution in [-0.4, -0.2) is 84.2 Å². The Morgan fingerprint density at radius 3 is 2.18 bits per heavy atom. The van der Waals surface area contributed by atoms with Crippen LogP contribution >= 0.6 is 11.3 Å². The second-order valence-electron chi connectivity index (χ2n) is 17.9. The van der Waals surface area contributed by atoms with Crippen molar-refractivity contribution >= 4 is 40.3 Å². The summed E-state index contributed by atoms with van der Waals surface area (Å²) in [5.41, 5.74) is 2.73. The standard InChI is InChI=1S/C46H48F4N8O6S/c1-23(2)38(55-43(60)62-6)41(59)56-15-7-9-31(56)39-52-22-29(54-39)25-18-27(47)37-33-19-26-17-24(28-21-51-40(53-28)32-10-8-16-57(32)44(61)64-45(3,4)5)11-12-30(26)58(33)42(63-34(37)20-25)35-13-14-36(65-35)46(48,49)50/h11-14,17-23,31-32,38,42H,7-10,15-16H2,1-6H3,(H,51,53)(H,52,54)(H,55,60)/t31-,32-,38-,42?/m0/s1. The molecule has 2 aromatic carbocycles. The Labute approximate surface area is 375 Å². The normalized spacial score (nSPS) is 19.0. The number of amides is 3. The van der Waals surface area contributed by atoms with Crippen LogP contribution in [0.15, 0.2) is 60.9 Å². The summed E-state index contributed by atoms with van der Waals surface area (Å²) in [5.74, 6) is 0.0802. The summed E-state index contributed by atoms with van der Waals surface area (Å²) in [4.78, 5) is 57.6. The van der Waals surface area contributed by atoms with Gasteiger partial charge in [-0.05, 0) is 94.8 Å². The van der Waals surface area contributed by atoms with E-state index in [-0.39, 0.29) is 34.1 Å². The molecule has 3 N–H and O–H groups in total. The Balaban J connectivity index is 1.06. The smallest absolute Gasteiger partial charge is 0.425 e. The van der Waals surface area contributed by atoms with Crippen LogP contribution in [-0.2, 0) is 20.4 Å². The van der Waals surface area contributed by atoms with E-state index in [1.165, 1.54) is 19.2 Å². The topological polar surface area (TPSA) is 160 Å². The third kappa shape index (κ3) is 8.30. The highest BCUT2D eigenvalue weighted by molar-refractivity contribution is 7.12. The number of carbonyl (C=O) groups is 3. The molecule has 2 saturated heterocycles. The monoisotopic (exact) mass is 916 g/mol. The minimum Gasteiger partial charge on any atom is -0.464 e. The number of rotatable bonds is 8. The van der Waals surface area contributed by atoms with Crippen molar-refractivity contribution in [1.29, 1.82) is 0 Å². The maximum atomic E-state index is 16.7. The Morgan fingerprint density at radius 1 is 0.892 bits per heavy atom. The molecule has 0 bridgehead atoms. The number of nitrogens with zero attached hydrogens (tertiary/aromatic N) is 5. The minimum atomic E-state index is -4.58. The quantitative estimate of drug-likeness (QED) is 0.127. The van der Waals surface area contributed by atoms with Crippen molar-refractivity contribution in [2.24, 2.45) is 5.92 Å². The number of benzene rings is 2. The maximum Gasteiger partial charge on any atom is 0.425 e. The lowest BCUT2D eigenvalue weighted by Gasteiger charge is -2.30. The highest BCUT2D eigenvalue weighted by atomic mass is 32.1. The molecule has 3 amide bonds. The van der Waals surface area contributed by atoms with Gasteiger partial charge in [0.2, 0.25) is 12.1 Å². The maximum absolute atomic E-state index is 16.7. The fourth-order valence-electron chi connectivity index (χ4n) is 9.01. The second-order valence-corrected chi connectivity index (χ2v) is 19.0. The first-order chi connectivity index (χ1) is 30.9. The number of halogens is 4. The molecule has 65 heavy (non-hydrogen) atoms. The number of H-pyrrole nitrogens is 2. The number of likely N-dealkylation sites (tertiary alicyclic amines) is 2. The van der Waals surface area contributed by atoms with Gasteiger partial charge in [-0.1, -0.05) is 19.9 Å². The second kappa shape index (κ2) is 16.6. The molecular weight excluding hydrogens is 869 g/mol. The number of methoxy groups -OCH3 is 1. The fourth-order valence-corrected chi connectivity index (χ4v) is 9.91. The number of aromatic nitrogens is 5. The van der Waals surface area contributed by atoms with Gasteiger partial charge in [-0.2, -0.15) is 13.2 Å². The zero-order valence-electron chi connectivity index (χ0n) is 36.5. The van der Waals surface area contributed by atoms with Gasteiger partial charge < -0.3 is 34.4 Å². The molecule has 0 aliphatic carbocycles. The molecule has 2 fully saturated rings. The van der Waals surface area contributed by atoms with Crippen molar-refractivity contribution in [2.45, 2.75) is 96.4 Å². The summed E-state index contributed by atoms with van der Waals surface area (Å²) in [7, 11) is 1.23. The Morgan fingerprint density at radius 2 is 1.55 bits per heavy atom. The van der Waals surface area contributed by atoms with Gasteiger partial charge in [-0.15, -0.1) is 11.3 Å². The van der Waals surface area contributed by atoms with E-state index in [1.54, 1.807) is 38.9 Å². The number of carbonyl (C=O) groups excluding carboxylic acids is 3. The van der Waals surface area contributed by atoms with E-state index in [2.05, 4.69) is 25.3 Å². The third-order valence-corrected chi connectivity index (χ3v) is 13.2. The molecule has 9 rings (SSSR count). The average molecular weight is 917 g/mol. The van der Waals surface area contributed by atoms with E-state index in [0.29, 0.717) is 88.9 Å². The summed E-state index contributed by atoms with van der Waals surface area (Å²) in [6.45, 7) is 10.1. The lowest BCUT2D eigenvalue weighted by Crippen LogP contribution is -2.51. The molecule has 19 heteroatoms. The van der Waals surface area contributed by atoms with Crippen LogP contribution in [0.25, 0.3) is 44.7 Å². The molecule has 7 heterocycles. The SMILES string of the molecule is COC(=O)N[C@H](C(=O)N1CCC[C@H]1c1ncc(-c2cc(F)c3c(c2)OC(c2ccc(C(F)(F)F)s2)n2c-3cc3cc(-c4cnc([C@@H]5CCCN5C(=O)OC(C)(C)C)[nH]4)ccc32)[nH]1)C(C)C. The third-order valence-electron chi connectivity index (χ3n) is 12.0. The molecule has 3 aliphatic heterocycles. The van der Waals surface area contributed by atoms with Gasteiger partial charge in [0.05, 0.1) is 64.6 Å². The van der Waals surface area contributed by atoms with E-state index in [9.17, 15) is 27.6 Å². The first-order valence-corrected chi connectivity index (χ1v) is 22.3. The first-order valence-electron chi connectivity index (χ1n) is 21.5. The molecular formula is C46H48F4N8O6S. The Kier molecular flexibility index (Phi) is 11.2. The van der Waals surface area contributed by atoms with Gasteiger partial charge in [0, 0.05) is 29.6 Å². The highest BCUT2D eigenvalue weighted by Crippen LogP contribution is 2.49. The summed E-state index contributed by atoms with van der Waals surface area (Å²) in [6.07, 6.45) is -0.745. The van der Waals surface area contributed by atoms with Crippen LogP contribution in [0.2, 0.25) is 0 Å². The van der Waals surface area contributed by atoms with Crippen molar-refractivity contribution in [3.8, 4) is 39.5 Å². The predicted molar refractivity (Wildman–Crippen MR) is 233 cm³/mol. The summed E-state index contributed by atoms with van der Waals surface area (Å²) < 4.78 is 77.3. The number of hydrogen-bond acceptors (Lipinski definition) is 9. The van der Waals surface area contributed by atoms with Gasteiger partial charge in [0.25, 0.3) is 0 Å². The van der Waals surface area contributed by atoms with Gasteiger partial charge >= 0.3 is 18.4 Å². The molecule has 3 aliphatic rings. The first kappa shape index (κ1) is 43.9. The van der Waals surface area contributed by atoms with Gasteiger partial charge in [-0.3, -0.25) is 14.3 Å². The number of fused-ring (bicyclic) bond motifs is 5. The number of aromatic amines is 2. The van der Waals surface area contributed by atoms with Crippen molar-refractivity contribution in [3.05, 3.63) is 88.1 Å². The van der Waals surface area contributed by atoms with E-state index >= 15 is 4.39 Å². The number of ether oxygens (including phenoxy) is 3. The Bertz CT molecular complexity index is 2800. The number of hydrogen-bond donors (Lipinski definition) is 3. The zero-order chi connectivity index (χ0) is 46.1. The highest BCUT2D eigenvalue weighted by Gasteiger charge is 2.40. The van der Waals surface area contributed by atoms with Crippen molar-refractivity contribution < 1.29 is 46.2 Å². The largest absolute Gasteiger partial charge is 0.464 e.